The lowest BCUT2D eigenvalue weighted by atomic mass is 10.1. The minimum atomic E-state index is -0.442. The minimum Gasteiger partial charge on any atom is -0.496 e. The molecule has 0 spiro atoms. The van der Waals surface area contributed by atoms with Gasteiger partial charge in [0.15, 0.2) is 0 Å². The highest BCUT2D eigenvalue weighted by Crippen LogP contribution is 2.20. The van der Waals surface area contributed by atoms with Crippen LogP contribution in [0.25, 0.3) is 0 Å². The SMILES string of the molecule is CCCc1oc(=O)cc(OC)c1CO. The number of ether oxygens (including phenoxy) is 1. The first-order chi connectivity index (χ1) is 6.72. The van der Waals surface area contributed by atoms with E-state index in [1.165, 1.54) is 13.2 Å². The molecular weight excluding hydrogens is 184 g/mol. The zero-order valence-electron chi connectivity index (χ0n) is 8.37. The van der Waals surface area contributed by atoms with Crippen LogP contribution >= 0.6 is 0 Å². The maximum Gasteiger partial charge on any atom is 0.339 e. The first-order valence-corrected chi connectivity index (χ1v) is 4.53. The van der Waals surface area contributed by atoms with Crippen LogP contribution in [-0.2, 0) is 13.0 Å². The van der Waals surface area contributed by atoms with Gasteiger partial charge in [0, 0.05) is 6.42 Å². The predicted octanol–water partition coefficient (Wildman–Crippen LogP) is 1.09. The van der Waals surface area contributed by atoms with Gasteiger partial charge in [0.25, 0.3) is 0 Å². The van der Waals surface area contributed by atoms with Crippen molar-refractivity contribution in [1.29, 1.82) is 0 Å². The second-order valence-corrected chi connectivity index (χ2v) is 2.94. The van der Waals surface area contributed by atoms with Crippen LogP contribution in [0.1, 0.15) is 24.7 Å². The van der Waals surface area contributed by atoms with Gasteiger partial charge in [-0.2, -0.15) is 0 Å². The maximum atomic E-state index is 11.1. The molecule has 0 atom stereocenters. The van der Waals surface area contributed by atoms with E-state index in [9.17, 15) is 4.79 Å². The van der Waals surface area contributed by atoms with E-state index in [0.29, 0.717) is 23.5 Å². The van der Waals surface area contributed by atoms with Crippen molar-refractivity contribution in [3.8, 4) is 5.75 Å². The molecule has 1 aromatic rings. The number of hydrogen-bond donors (Lipinski definition) is 1. The van der Waals surface area contributed by atoms with Gasteiger partial charge in [-0.3, -0.25) is 0 Å². The summed E-state index contributed by atoms with van der Waals surface area (Å²) in [6, 6.07) is 1.24. The van der Waals surface area contributed by atoms with Gasteiger partial charge in [-0.05, 0) is 6.42 Å². The summed E-state index contributed by atoms with van der Waals surface area (Å²) in [6.07, 6.45) is 1.48. The highest BCUT2D eigenvalue weighted by molar-refractivity contribution is 5.33. The lowest BCUT2D eigenvalue weighted by Crippen LogP contribution is -2.07. The molecule has 1 rings (SSSR count). The topological polar surface area (TPSA) is 59.7 Å². The molecule has 0 aliphatic carbocycles. The van der Waals surface area contributed by atoms with E-state index in [-0.39, 0.29) is 6.61 Å². The Morgan fingerprint density at radius 3 is 2.79 bits per heavy atom. The molecule has 0 amide bonds. The fourth-order valence-corrected chi connectivity index (χ4v) is 1.32. The summed E-state index contributed by atoms with van der Waals surface area (Å²) in [4.78, 5) is 11.1. The lowest BCUT2D eigenvalue weighted by Gasteiger charge is -2.08. The van der Waals surface area contributed by atoms with Crippen LogP contribution in [0.3, 0.4) is 0 Å². The van der Waals surface area contributed by atoms with Gasteiger partial charge < -0.3 is 14.3 Å². The van der Waals surface area contributed by atoms with Crippen molar-refractivity contribution in [2.75, 3.05) is 7.11 Å². The number of rotatable bonds is 4. The van der Waals surface area contributed by atoms with Crippen LogP contribution in [0.15, 0.2) is 15.3 Å². The van der Waals surface area contributed by atoms with E-state index in [4.69, 9.17) is 14.3 Å². The Morgan fingerprint density at radius 2 is 2.29 bits per heavy atom. The molecule has 78 valence electrons. The zero-order valence-corrected chi connectivity index (χ0v) is 8.37. The predicted molar refractivity (Wildman–Crippen MR) is 51.4 cm³/mol. The Balaban J connectivity index is 3.24. The van der Waals surface area contributed by atoms with Crippen LogP contribution in [0.5, 0.6) is 5.75 Å². The normalized spacial score (nSPS) is 10.2. The van der Waals surface area contributed by atoms with Gasteiger partial charge >= 0.3 is 5.63 Å². The van der Waals surface area contributed by atoms with Crippen molar-refractivity contribution in [3.05, 3.63) is 27.8 Å². The molecule has 0 bridgehead atoms. The average molecular weight is 198 g/mol. The average Bonchev–Trinajstić information content (AvgIpc) is 2.17. The molecule has 0 unspecified atom stereocenters. The number of aliphatic hydroxyl groups excluding tert-OH is 1. The molecule has 0 aromatic carbocycles. The minimum absolute atomic E-state index is 0.178. The molecule has 1 aromatic heterocycles. The Labute approximate surface area is 82.1 Å². The standard InChI is InChI=1S/C10H14O4/c1-3-4-8-7(6-11)9(13-2)5-10(12)14-8/h5,11H,3-4,6H2,1-2H3. The van der Waals surface area contributed by atoms with E-state index >= 15 is 0 Å². The Kier molecular flexibility index (Phi) is 3.71. The molecule has 4 nitrogen and oxygen atoms in total. The summed E-state index contributed by atoms with van der Waals surface area (Å²) in [5.41, 5.74) is 0.122. The molecule has 1 N–H and O–H groups in total. The number of aliphatic hydroxyl groups is 1. The van der Waals surface area contributed by atoms with Crippen LogP contribution in [0.4, 0.5) is 0 Å². The maximum absolute atomic E-state index is 11.1. The number of methoxy groups -OCH3 is 1. The summed E-state index contributed by atoms with van der Waals surface area (Å²) in [5, 5.41) is 9.11. The van der Waals surface area contributed by atoms with Gasteiger partial charge in [0.05, 0.1) is 25.3 Å². The third kappa shape index (κ3) is 2.14. The van der Waals surface area contributed by atoms with E-state index in [1.54, 1.807) is 0 Å². The molecule has 14 heavy (non-hydrogen) atoms. The van der Waals surface area contributed by atoms with Crippen molar-refractivity contribution in [2.24, 2.45) is 0 Å². The van der Waals surface area contributed by atoms with E-state index in [1.807, 2.05) is 6.92 Å². The Morgan fingerprint density at radius 1 is 1.57 bits per heavy atom. The second-order valence-electron chi connectivity index (χ2n) is 2.94. The Hall–Kier alpha value is -1.29. The summed E-state index contributed by atoms with van der Waals surface area (Å²) < 4.78 is 9.97. The summed E-state index contributed by atoms with van der Waals surface area (Å²) in [6.45, 7) is 1.79. The van der Waals surface area contributed by atoms with Gasteiger partial charge in [0.1, 0.15) is 11.5 Å². The van der Waals surface area contributed by atoms with E-state index in [2.05, 4.69) is 0 Å². The quantitative estimate of drug-likeness (QED) is 0.786. The Bertz CT molecular complexity index is 354. The number of aryl methyl sites for hydroxylation is 1. The monoisotopic (exact) mass is 198 g/mol. The molecule has 0 aliphatic rings. The third-order valence-corrected chi connectivity index (χ3v) is 1.96. The molecule has 4 heteroatoms. The molecule has 0 saturated carbocycles. The lowest BCUT2D eigenvalue weighted by molar-refractivity contribution is 0.262. The highest BCUT2D eigenvalue weighted by Gasteiger charge is 2.11. The van der Waals surface area contributed by atoms with Gasteiger partial charge in [-0.15, -0.1) is 0 Å². The van der Waals surface area contributed by atoms with E-state index < -0.39 is 5.63 Å². The summed E-state index contributed by atoms with van der Waals surface area (Å²) >= 11 is 0. The third-order valence-electron chi connectivity index (χ3n) is 1.96. The second kappa shape index (κ2) is 4.81. The van der Waals surface area contributed by atoms with Crippen LogP contribution in [0.2, 0.25) is 0 Å². The molecule has 0 aliphatic heterocycles. The summed E-state index contributed by atoms with van der Waals surface area (Å²) in [5.74, 6) is 0.909. The van der Waals surface area contributed by atoms with Crippen molar-refractivity contribution in [2.45, 2.75) is 26.4 Å². The van der Waals surface area contributed by atoms with Crippen molar-refractivity contribution < 1.29 is 14.3 Å². The fraction of sp³-hybridized carbons (Fsp3) is 0.500. The molecule has 0 fully saturated rings. The largest absolute Gasteiger partial charge is 0.496 e. The first-order valence-electron chi connectivity index (χ1n) is 4.53. The van der Waals surface area contributed by atoms with Crippen LogP contribution < -0.4 is 10.4 Å². The van der Waals surface area contributed by atoms with E-state index in [0.717, 1.165) is 6.42 Å². The van der Waals surface area contributed by atoms with Crippen molar-refractivity contribution in [1.82, 2.24) is 0 Å². The molecule has 1 heterocycles. The van der Waals surface area contributed by atoms with Gasteiger partial charge in [0.2, 0.25) is 0 Å². The molecule has 0 saturated heterocycles. The first kappa shape index (κ1) is 10.8. The summed E-state index contributed by atoms with van der Waals surface area (Å²) in [7, 11) is 1.46. The highest BCUT2D eigenvalue weighted by atomic mass is 16.5. The van der Waals surface area contributed by atoms with Crippen LogP contribution in [0, 0.1) is 0 Å². The molecular formula is C10H14O4. The number of hydrogen-bond acceptors (Lipinski definition) is 4. The van der Waals surface area contributed by atoms with Gasteiger partial charge in [-0.25, -0.2) is 4.79 Å². The van der Waals surface area contributed by atoms with Gasteiger partial charge in [-0.1, -0.05) is 6.92 Å². The van der Waals surface area contributed by atoms with Crippen molar-refractivity contribution >= 4 is 0 Å². The molecule has 0 radical (unpaired) electrons. The van der Waals surface area contributed by atoms with Crippen LogP contribution in [-0.4, -0.2) is 12.2 Å². The smallest absolute Gasteiger partial charge is 0.339 e. The van der Waals surface area contributed by atoms with Crippen molar-refractivity contribution in [3.63, 3.8) is 0 Å². The fourth-order valence-electron chi connectivity index (χ4n) is 1.32. The zero-order chi connectivity index (χ0) is 10.6.